The van der Waals surface area contributed by atoms with Crippen LogP contribution in [0.2, 0.25) is 5.02 Å². The van der Waals surface area contributed by atoms with Gasteiger partial charge in [0.05, 0.1) is 5.92 Å². The molecule has 0 heterocycles. The third kappa shape index (κ3) is 1.85. The summed E-state index contributed by atoms with van der Waals surface area (Å²) in [5.74, 6) is -1.57. The molecule has 2 rings (SSSR count). The highest BCUT2D eigenvalue weighted by Crippen LogP contribution is 2.53. The Morgan fingerprint density at radius 1 is 1.47 bits per heavy atom. The Labute approximate surface area is 92.3 Å². The second-order valence-corrected chi connectivity index (χ2v) is 4.23. The predicted octanol–water partition coefficient (Wildman–Crippen LogP) is 1.75. The molecule has 2 N–H and O–H groups in total. The third-order valence-corrected chi connectivity index (χ3v) is 3.13. The summed E-state index contributed by atoms with van der Waals surface area (Å²) in [6, 6.07) is 7.15. The quantitative estimate of drug-likeness (QED) is 0.826. The van der Waals surface area contributed by atoms with Gasteiger partial charge in [-0.1, -0.05) is 23.7 Å². The molecular formula is C11H11ClO3. The third-order valence-electron chi connectivity index (χ3n) is 2.90. The zero-order valence-electron chi connectivity index (χ0n) is 7.93. The minimum absolute atomic E-state index is 0.0891. The molecule has 3 atom stereocenters. The van der Waals surface area contributed by atoms with Crippen LogP contribution < -0.4 is 0 Å². The summed E-state index contributed by atoms with van der Waals surface area (Å²) in [6.45, 7) is -0.0891. The molecule has 0 spiro atoms. The van der Waals surface area contributed by atoms with E-state index in [1.54, 1.807) is 18.2 Å². The fraction of sp³-hybridized carbons (Fsp3) is 0.364. The number of aliphatic carboxylic acids is 1. The molecule has 4 heteroatoms. The van der Waals surface area contributed by atoms with Crippen LogP contribution >= 0.6 is 11.6 Å². The maximum atomic E-state index is 10.9. The number of carbonyl (C=O) groups is 1. The van der Waals surface area contributed by atoms with E-state index in [0.717, 1.165) is 5.56 Å². The molecule has 0 bridgehead atoms. The Morgan fingerprint density at radius 3 is 2.67 bits per heavy atom. The minimum atomic E-state index is -0.848. The lowest BCUT2D eigenvalue weighted by Crippen LogP contribution is -2.01. The van der Waals surface area contributed by atoms with Crippen LogP contribution in [0.4, 0.5) is 0 Å². The highest BCUT2D eigenvalue weighted by Gasteiger charge is 2.55. The highest BCUT2D eigenvalue weighted by atomic mass is 35.5. The molecule has 1 saturated carbocycles. The van der Waals surface area contributed by atoms with E-state index in [9.17, 15) is 4.79 Å². The smallest absolute Gasteiger partial charge is 0.307 e. The Bertz CT molecular complexity index is 391. The van der Waals surface area contributed by atoms with Gasteiger partial charge in [0.1, 0.15) is 0 Å². The summed E-state index contributed by atoms with van der Waals surface area (Å²) in [5.41, 5.74) is 0.897. The molecule has 1 aromatic rings. The SMILES string of the molecule is O=C(O)[C@H]1[C@H](CO)[C@@H]1c1cccc(Cl)c1. The molecule has 80 valence electrons. The number of carboxylic acids is 1. The van der Waals surface area contributed by atoms with E-state index in [1.165, 1.54) is 0 Å². The van der Waals surface area contributed by atoms with Crippen LogP contribution in [0.25, 0.3) is 0 Å². The van der Waals surface area contributed by atoms with Crippen LogP contribution in [0.3, 0.4) is 0 Å². The summed E-state index contributed by atoms with van der Waals surface area (Å²) in [4.78, 5) is 10.9. The van der Waals surface area contributed by atoms with Crippen molar-refractivity contribution in [1.29, 1.82) is 0 Å². The van der Waals surface area contributed by atoms with Crippen molar-refractivity contribution in [3.8, 4) is 0 Å². The van der Waals surface area contributed by atoms with Gasteiger partial charge < -0.3 is 10.2 Å². The maximum absolute atomic E-state index is 10.9. The van der Waals surface area contributed by atoms with Gasteiger partial charge in [-0.2, -0.15) is 0 Å². The van der Waals surface area contributed by atoms with E-state index in [0.29, 0.717) is 5.02 Å². The number of halogens is 1. The van der Waals surface area contributed by atoms with Crippen LogP contribution in [0.1, 0.15) is 11.5 Å². The monoisotopic (exact) mass is 226 g/mol. The Hall–Kier alpha value is -1.06. The van der Waals surface area contributed by atoms with Crippen molar-refractivity contribution in [3.05, 3.63) is 34.9 Å². The van der Waals surface area contributed by atoms with Gasteiger partial charge in [-0.15, -0.1) is 0 Å². The van der Waals surface area contributed by atoms with E-state index in [4.69, 9.17) is 21.8 Å². The van der Waals surface area contributed by atoms with Crippen LogP contribution in [0, 0.1) is 11.8 Å². The van der Waals surface area contributed by atoms with Crippen molar-refractivity contribution in [3.63, 3.8) is 0 Å². The summed E-state index contributed by atoms with van der Waals surface area (Å²) >= 11 is 5.82. The van der Waals surface area contributed by atoms with Crippen LogP contribution in [0.5, 0.6) is 0 Å². The van der Waals surface area contributed by atoms with Gasteiger partial charge in [-0.05, 0) is 17.7 Å². The van der Waals surface area contributed by atoms with E-state index >= 15 is 0 Å². The van der Waals surface area contributed by atoms with Crippen LogP contribution in [-0.2, 0) is 4.79 Å². The molecule has 0 aliphatic heterocycles. The molecule has 3 nitrogen and oxygen atoms in total. The van der Waals surface area contributed by atoms with Crippen molar-refractivity contribution in [1.82, 2.24) is 0 Å². The summed E-state index contributed by atoms with van der Waals surface area (Å²) < 4.78 is 0. The van der Waals surface area contributed by atoms with Crippen molar-refractivity contribution in [2.45, 2.75) is 5.92 Å². The van der Waals surface area contributed by atoms with Gasteiger partial charge in [0, 0.05) is 23.5 Å². The largest absolute Gasteiger partial charge is 0.481 e. The van der Waals surface area contributed by atoms with Gasteiger partial charge in [0.25, 0.3) is 0 Å². The summed E-state index contributed by atoms with van der Waals surface area (Å²) in [7, 11) is 0. The molecule has 0 unspecified atom stereocenters. The average molecular weight is 227 g/mol. The Balaban J connectivity index is 2.22. The van der Waals surface area contributed by atoms with Crippen molar-refractivity contribution >= 4 is 17.6 Å². The molecule has 15 heavy (non-hydrogen) atoms. The normalized spacial score (nSPS) is 28.8. The summed E-state index contributed by atoms with van der Waals surface area (Å²) in [6.07, 6.45) is 0. The highest BCUT2D eigenvalue weighted by molar-refractivity contribution is 6.30. The topological polar surface area (TPSA) is 57.5 Å². The zero-order valence-corrected chi connectivity index (χ0v) is 8.69. The second kappa shape index (κ2) is 3.83. The van der Waals surface area contributed by atoms with E-state index in [1.807, 2.05) is 6.07 Å². The van der Waals surface area contributed by atoms with E-state index in [-0.39, 0.29) is 18.4 Å². The van der Waals surface area contributed by atoms with Crippen LogP contribution in [0.15, 0.2) is 24.3 Å². The molecule has 1 aliphatic carbocycles. The predicted molar refractivity (Wildman–Crippen MR) is 55.9 cm³/mol. The van der Waals surface area contributed by atoms with Gasteiger partial charge in [0.15, 0.2) is 0 Å². The fourth-order valence-electron chi connectivity index (χ4n) is 2.11. The van der Waals surface area contributed by atoms with E-state index < -0.39 is 11.9 Å². The van der Waals surface area contributed by atoms with E-state index in [2.05, 4.69) is 0 Å². The van der Waals surface area contributed by atoms with Gasteiger partial charge in [0.2, 0.25) is 0 Å². The number of aliphatic hydroxyl groups excluding tert-OH is 1. The molecule has 0 radical (unpaired) electrons. The van der Waals surface area contributed by atoms with Crippen molar-refractivity contribution in [2.75, 3.05) is 6.61 Å². The molecule has 0 saturated heterocycles. The lowest BCUT2D eigenvalue weighted by molar-refractivity contribution is -0.139. The first-order chi connectivity index (χ1) is 7.15. The molecular weight excluding hydrogens is 216 g/mol. The number of hydrogen-bond acceptors (Lipinski definition) is 2. The van der Waals surface area contributed by atoms with Crippen molar-refractivity contribution in [2.24, 2.45) is 11.8 Å². The number of hydrogen-bond donors (Lipinski definition) is 2. The van der Waals surface area contributed by atoms with Gasteiger partial charge >= 0.3 is 5.97 Å². The number of rotatable bonds is 3. The number of benzene rings is 1. The maximum Gasteiger partial charge on any atom is 0.307 e. The molecule has 0 aromatic heterocycles. The standard InChI is InChI=1S/C11H11ClO3/c12-7-3-1-2-6(4-7)9-8(5-13)10(9)11(14)15/h1-4,8-10,13H,5H2,(H,14,15)/t8-,9+,10+/m1/s1. The molecule has 1 aromatic carbocycles. The second-order valence-electron chi connectivity index (χ2n) is 3.79. The van der Waals surface area contributed by atoms with Gasteiger partial charge in [-0.3, -0.25) is 4.79 Å². The number of carboxylic acid groups (broad SMARTS) is 1. The molecule has 0 amide bonds. The Kier molecular flexibility index (Phi) is 2.67. The minimum Gasteiger partial charge on any atom is -0.481 e. The first-order valence-electron chi connectivity index (χ1n) is 4.74. The van der Waals surface area contributed by atoms with Crippen molar-refractivity contribution < 1.29 is 15.0 Å². The number of aliphatic hydroxyl groups is 1. The average Bonchev–Trinajstić information content (AvgIpc) is 2.91. The lowest BCUT2D eigenvalue weighted by atomic mass is 10.1. The molecule has 1 aliphatic rings. The van der Waals surface area contributed by atoms with Crippen LogP contribution in [-0.4, -0.2) is 22.8 Å². The first-order valence-corrected chi connectivity index (χ1v) is 5.12. The lowest BCUT2D eigenvalue weighted by Gasteiger charge is -1.99. The first kappa shape index (κ1) is 10.5. The fourth-order valence-corrected chi connectivity index (χ4v) is 2.30. The molecule has 1 fully saturated rings. The van der Waals surface area contributed by atoms with Gasteiger partial charge in [-0.25, -0.2) is 0 Å². The zero-order chi connectivity index (χ0) is 11.0. The summed E-state index contributed by atoms with van der Waals surface area (Å²) in [5, 5.41) is 18.5. The Morgan fingerprint density at radius 2 is 2.20 bits per heavy atom.